The molecule has 0 aromatic heterocycles. The van der Waals surface area contributed by atoms with Gasteiger partial charge in [-0.25, -0.2) is 0 Å². The van der Waals surface area contributed by atoms with Gasteiger partial charge >= 0.3 is 9.05 Å². The molecule has 0 aliphatic rings. The van der Waals surface area contributed by atoms with Gasteiger partial charge in [-0.15, -0.1) is 0 Å². The molecule has 0 aromatic carbocycles. The van der Waals surface area contributed by atoms with Crippen molar-refractivity contribution in [2.24, 2.45) is 5.41 Å². The molecule has 0 saturated heterocycles. The van der Waals surface area contributed by atoms with E-state index in [9.17, 15) is 0 Å². The van der Waals surface area contributed by atoms with Crippen molar-refractivity contribution in [3.63, 3.8) is 0 Å². The van der Waals surface area contributed by atoms with Gasteiger partial charge in [0.2, 0.25) is 0 Å². The van der Waals surface area contributed by atoms with Crippen LogP contribution in [0.25, 0.3) is 0 Å². The van der Waals surface area contributed by atoms with Crippen molar-refractivity contribution < 1.29 is 17.7 Å². The van der Waals surface area contributed by atoms with Gasteiger partial charge in [-0.1, -0.05) is 27.7 Å². The lowest BCUT2D eigenvalue weighted by Gasteiger charge is -2.42. The molecule has 0 N–H and O–H groups in total. The first-order chi connectivity index (χ1) is 10.0. The van der Waals surface area contributed by atoms with Crippen molar-refractivity contribution in [1.82, 2.24) is 0 Å². The molecule has 5 heteroatoms. The predicted molar refractivity (Wildman–Crippen MR) is 89.1 cm³/mol. The zero-order chi connectivity index (χ0) is 16.4. The summed E-state index contributed by atoms with van der Waals surface area (Å²) in [7, 11) is -3.04. The quantitative estimate of drug-likeness (QED) is 0.467. The van der Waals surface area contributed by atoms with Gasteiger partial charge in [0.25, 0.3) is 0 Å². The lowest BCUT2D eigenvalue weighted by Crippen LogP contribution is -2.54. The van der Waals surface area contributed by atoms with E-state index < -0.39 is 9.05 Å². The highest BCUT2D eigenvalue weighted by Gasteiger charge is 2.50. The molecule has 0 bridgehead atoms. The van der Waals surface area contributed by atoms with Crippen LogP contribution in [0.5, 0.6) is 0 Å². The first kappa shape index (κ1) is 21.1. The van der Waals surface area contributed by atoms with E-state index in [1.165, 1.54) is 0 Å². The van der Waals surface area contributed by atoms with Crippen molar-refractivity contribution in [3.8, 4) is 0 Å². The maximum Gasteiger partial charge on any atom is 0.679 e. The molecule has 0 radical (unpaired) electrons. The van der Waals surface area contributed by atoms with Crippen LogP contribution in [0.1, 0.15) is 74.1 Å². The number of hydrogen-bond donors (Lipinski definition) is 0. The summed E-state index contributed by atoms with van der Waals surface area (Å²) in [6, 6.07) is 0. The molecule has 0 saturated carbocycles. The van der Waals surface area contributed by atoms with Gasteiger partial charge in [0.1, 0.15) is 0 Å². The van der Waals surface area contributed by atoms with Gasteiger partial charge in [0.15, 0.2) is 0 Å². The fourth-order valence-electron chi connectivity index (χ4n) is 3.01. The van der Waals surface area contributed by atoms with E-state index in [1.807, 2.05) is 20.8 Å². The SMILES string of the molecule is CCO[Si](OCC)(OCC)OC(CC)C(CC)(CC)CC. The van der Waals surface area contributed by atoms with Gasteiger partial charge in [0.05, 0.1) is 6.10 Å². The molecular formula is C16H36O4Si. The summed E-state index contributed by atoms with van der Waals surface area (Å²) in [6.45, 7) is 16.4. The minimum absolute atomic E-state index is 0.105. The largest absolute Gasteiger partial charge is 0.679 e. The van der Waals surface area contributed by atoms with E-state index in [0.29, 0.717) is 19.8 Å². The molecule has 0 rings (SSSR count). The summed E-state index contributed by atoms with van der Waals surface area (Å²) in [5.41, 5.74) is 0.165. The second kappa shape index (κ2) is 10.7. The molecule has 1 unspecified atom stereocenters. The number of hydrogen-bond acceptors (Lipinski definition) is 4. The summed E-state index contributed by atoms with van der Waals surface area (Å²) in [6.07, 6.45) is 4.32. The van der Waals surface area contributed by atoms with E-state index in [4.69, 9.17) is 17.7 Å². The highest BCUT2D eigenvalue weighted by atomic mass is 28.4. The molecule has 0 spiro atoms. The second-order valence-corrected chi connectivity index (χ2v) is 7.34. The lowest BCUT2D eigenvalue weighted by atomic mass is 9.74. The smallest absolute Gasteiger partial charge is 0.351 e. The zero-order valence-corrected chi connectivity index (χ0v) is 16.2. The van der Waals surface area contributed by atoms with Crippen LogP contribution in [0.2, 0.25) is 0 Å². The van der Waals surface area contributed by atoms with E-state index >= 15 is 0 Å². The first-order valence-corrected chi connectivity index (χ1v) is 10.3. The summed E-state index contributed by atoms with van der Waals surface area (Å²) in [5.74, 6) is 0. The Morgan fingerprint density at radius 2 is 1.10 bits per heavy atom. The Kier molecular flexibility index (Phi) is 10.8. The summed E-state index contributed by atoms with van der Waals surface area (Å²) in [5, 5.41) is 0. The van der Waals surface area contributed by atoms with Crippen molar-refractivity contribution in [3.05, 3.63) is 0 Å². The lowest BCUT2D eigenvalue weighted by molar-refractivity contribution is -0.0893. The molecule has 128 valence electrons. The third kappa shape index (κ3) is 5.64. The minimum Gasteiger partial charge on any atom is -0.351 e. The van der Waals surface area contributed by atoms with Gasteiger partial charge in [-0.2, -0.15) is 0 Å². The van der Waals surface area contributed by atoms with Crippen LogP contribution < -0.4 is 0 Å². The fraction of sp³-hybridized carbons (Fsp3) is 1.00. The number of rotatable bonds is 13. The van der Waals surface area contributed by atoms with Gasteiger partial charge < -0.3 is 17.7 Å². The molecule has 1 atom stereocenters. The van der Waals surface area contributed by atoms with Crippen LogP contribution in [-0.2, 0) is 17.7 Å². The standard InChI is InChI=1S/C16H36O4Si/c1-8-15(16(9-2,10-3)11-4)20-21(17-12-5,18-13-6)19-14-7/h15H,8-14H2,1-7H3. The van der Waals surface area contributed by atoms with E-state index in [1.54, 1.807) is 0 Å². The van der Waals surface area contributed by atoms with Gasteiger partial charge in [-0.3, -0.25) is 0 Å². The summed E-state index contributed by atoms with van der Waals surface area (Å²) >= 11 is 0. The maximum atomic E-state index is 6.42. The average molecular weight is 321 g/mol. The average Bonchev–Trinajstić information content (AvgIpc) is 2.49. The monoisotopic (exact) mass is 320 g/mol. The van der Waals surface area contributed by atoms with Crippen LogP contribution in [0.15, 0.2) is 0 Å². The second-order valence-electron chi connectivity index (χ2n) is 5.24. The molecule has 0 heterocycles. The maximum absolute atomic E-state index is 6.42. The van der Waals surface area contributed by atoms with Crippen LogP contribution >= 0.6 is 0 Å². The summed E-state index contributed by atoms with van der Waals surface area (Å²) < 4.78 is 23.9. The zero-order valence-electron chi connectivity index (χ0n) is 15.2. The molecule has 21 heavy (non-hydrogen) atoms. The molecule has 4 nitrogen and oxygen atoms in total. The van der Waals surface area contributed by atoms with Crippen molar-refractivity contribution in [2.75, 3.05) is 19.8 Å². The topological polar surface area (TPSA) is 36.9 Å². The third-order valence-electron chi connectivity index (χ3n) is 4.42. The fourth-order valence-corrected chi connectivity index (χ4v) is 5.29. The van der Waals surface area contributed by atoms with Crippen molar-refractivity contribution in [2.45, 2.75) is 80.3 Å². The molecule has 0 aromatic rings. The highest BCUT2D eigenvalue weighted by Crippen LogP contribution is 2.39. The molecule has 0 aliphatic carbocycles. The van der Waals surface area contributed by atoms with Crippen LogP contribution in [0, 0.1) is 5.41 Å². The van der Waals surface area contributed by atoms with Crippen LogP contribution in [0.3, 0.4) is 0 Å². The van der Waals surface area contributed by atoms with E-state index in [-0.39, 0.29) is 11.5 Å². The van der Waals surface area contributed by atoms with Crippen molar-refractivity contribution >= 4 is 9.05 Å². The Bertz CT molecular complexity index is 231. The normalized spacial score (nSPS) is 14.4. The minimum atomic E-state index is -3.04. The Morgan fingerprint density at radius 3 is 1.33 bits per heavy atom. The Morgan fingerprint density at radius 1 is 0.714 bits per heavy atom. The van der Waals surface area contributed by atoms with Crippen LogP contribution in [-0.4, -0.2) is 35.0 Å². The molecule has 0 fully saturated rings. The molecule has 0 aliphatic heterocycles. The predicted octanol–water partition coefficient (Wildman–Crippen LogP) is 4.54. The van der Waals surface area contributed by atoms with E-state index in [2.05, 4.69) is 27.7 Å². The molecular weight excluding hydrogens is 284 g/mol. The Balaban J connectivity index is 5.31. The van der Waals surface area contributed by atoms with Gasteiger partial charge in [0, 0.05) is 19.8 Å². The highest BCUT2D eigenvalue weighted by molar-refractivity contribution is 6.53. The Hall–Kier alpha value is 0.0569. The van der Waals surface area contributed by atoms with Crippen molar-refractivity contribution in [1.29, 1.82) is 0 Å². The molecule has 0 amide bonds. The van der Waals surface area contributed by atoms with Crippen LogP contribution in [0.4, 0.5) is 0 Å². The summed E-state index contributed by atoms with van der Waals surface area (Å²) in [4.78, 5) is 0. The van der Waals surface area contributed by atoms with Gasteiger partial charge in [-0.05, 0) is 51.9 Å². The first-order valence-electron chi connectivity index (χ1n) is 8.63. The Labute approximate surface area is 133 Å². The third-order valence-corrected chi connectivity index (χ3v) is 6.92. The van der Waals surface area contributed by atoms with E-state index in [0.717, 1.165) is 25.7 Å².